The maximum absolute atomic E-state index is 2.47. The second kappa shape index (κ2) is 4.73. The summed E-state index contributed by atoms with van der Waals surface area (Å²) in [5, 5.41) is 0.693. The molecule has 2 aliphatic rings. The fourth-order valence-corrected chi connectivity index (χ4v) is 4.31. The molecule has 0 aromatic heterocycles. The molecule has 1 aromatic carbocycles. The second-order valence-corrected chi connectivity index (χ2v) is 6.39. The van der Waals surface area contributed by atoms with Gasteiger partial charge in [-0.2, -0.15) is 0 Å². The summed E-state index contributed by atoms with van der Waals surface area (Å²) in [4.78, 5) is 1.48. The first kappa shape index (κ1) is 11.2. The Morgan fingerprint density at radius 3 is 2.82 bits per heavy atom. The molecule has 1 heteroatoms. The smallest absolute Gasteiger partial charge is 0.0308 e. The van der Waals surface area contributed by atoms with Crippen LogP contribution in [0.4, 0.5) is 0 Å². The lowest BCUT2D eigenvalue weighted by Crippen LogP contribution is -2.27. The highest BCUT2D eigenvalue weighted by molar-refractivity contribution is 8.03. The van der Waals surface area contributed by atoms with E-state index in [1.807, 2.05) is 11.8 Å². The Labute approximate surface area is 108 Å². The van der Waals surface area contributed by atoms with Gasteiger partial charge < -0.3 is 0 Å². The van der Waals surface area contributed by atoms with Crippen LogP contribution in [0.3, 0.4) is 0 Å². The molecule has 0 amide bonds. The summed E-state index contributed by atoms with van der Waals surface area (Å²) < 4.78 is 0. The van der Waals surface area contributed by atoms with Crippen LogP contribution in [-0.2, 0) is 0 Å². The van der Waals surface area contributed by atoms with Gasteiger partial charge in [-0.1, -0.05) is 48.6 Å². The molecule has 1 heterocycles. The highest BCUT2D eigenvalue weighted by atomic mass is 32.2. The van der Waals surface area contributed by atoms with Crippen LogP contribution in [0.1, 0.15) is 31.2 Å². The van der Waals surface area contributed by atoms with Crippen LogP contribution in [0.15, 0.2) is 53.5 Å². The maximum Gasteiger partial charge on any atom is 0.0308 e. The number of allylic oxidation sites excluding steroid dienone is 3. The Morgan fingerprint density at radius 1 is 1.18 bits per heavy atom. The minimum absolute atomic E-state index is 0.618. The van der Waals surface area contributed by atoms with E-state index in [0.29, 0.717) is 11.2 Å². The van der Waals surface area contributed by atoms with Gasteiger partial charge in [0.05, 0.1) is 0 Å². The summed E-state index contributed by atoms with van der Waals surface area (Å²) in [6, 6.07) is 11.0. The Morgan fingerprint density at radius 2 is 2.00 bits per heavy atom. The third-order valence-electron chi connectivity index (χ3n) is 3.80. The van der Waals surface area contributed by atoms with Crippen LogP contribution < -0.4 is 0 Å². The number of thioether (sulfide) groups is 1. The molecule has 1 aromatic rings. The van der Waals surface area contributed by atoms with Gasteiger partial charge in [0.15, 0.2) is 0 Å². The van der Waals surface area contributed by atoms with E-state index in [1.54, 1.807) is 0 Å². The SMILES string of the molecule is CC1=C[C@@H](c2ccccc2)[C@@H]2CCC=C[C@@H]2S1. The van der Waals surface area contributed by atoms with Gasteiger partial charge >= 0.3 is 0 Å². The van der Waals surface area contributed by atoms with Crippen LogP contribution in [0, 0.1) is 5.92 Å². The topological polar surface area (TPSA) is 0 Å². The average molecular weight is 242 g/mol. The van der Waals surface area contributed by atoms with Gasteiger partial charge in [0.1, 0.15) is 0 Å². The van der Waals surface area contributed by atoms with E-state index in [0.717, 1.165) is 5.92 Å². The Kier molecular flexibility index (Phi) is 3.11. The highest BCUT2D eigenvalue weighted by Gasteiger charge is 2.33. The largest absolute Gasteiger partial charge is 0.123 e. The zero-order chi connectivity index (χ0) is 11.7. The van der Waals surface area contributed by atoms with Gasteiger partial charge in [0, 0.05) is 11.2 Å². The fourth-order valence-electron chi connectivity index (χ4n) is 2.99. The normalized spacial score (nSPS) is 31.8. The Bertz CT molecular complexity index is 444. The molecule has 0 saturated carbocycles. The zero-order valence-corrected chi connectivity index (χ0v) is 11.0. The number of benzene rings is 1. The van der Waals surface area contributed by atoms with E-state index >= 15 is 0 Å². The van der Waals surface area contributed by atoms with Crippen LogP contribution in [0.25, 0.3) is 0 Å². The van der Waals surface area contributed by atoms with Gasteiger partial charge in [0.25, 0.3) is 0 Å². The molecule has 17 heavy (non-hydrogen) atoms. The van der Waals surface area contributed by atoms with Crippen LogP contribution in [0.5, 0.6) is 0 Å². The first-order chi connectivity index (χ1) is 8.34. The van der Waals surface area contributed by atoms with Gasteiger partial charge in [0.2, 0.25) is 0 Å². The van der Waals surface area contributed by atoms with Crippen molar-refractivity contribution in [2.24, 2.45) is 5.92 Å². The van der Waals surface area contributed by atoms with E-state index in [9.17, 15) is 0 Å². The lowest BCUT2D eigenvalue weighted by atomic mass is 9.78. The van der Waals surface area contributed by atoms with E-state index in [4.69, 9.17) is 0 Å². The van der Waals surface area contributed by atoms with Crippen molar-refractivity contribution in [1.29, 1.82) is 0 Å². The molecular formula is C16H18S. The molecule has 3 rings (SSSR count). The van der Waals surface area contributed by atoms with E-state index in [-0.39, 0.29) is 0 Å². The van der Waals surface area contributed by atoms with Crippen LogP contribution in [0.2, 0.25) is 0 Å². The van der Waals surface area contributed by atoms with Crippen LogP contribution in [-0.4, -0.2) is 5.25 Å². The third-order valence-corrected chi connectivity index (χ3v) is 5.08. The van der Waals surface area contributed by atoms with Crippen molar-refractivity contribution >= 4 is 11.8 Å². The lowest BCUT2D eigenvalue weighted by molar-refractivity contribution is 0.442. The molecule has 88 valence electrons. The van der Waals surface area contributed by atoms with Crippen molar-refractivity contribution in [3.8, 4) is 0 Å². The summed E-state index contributed by atoms with van der Waals surface area (Å²) in [5.74, 6) is 1.41. The maximum atomic E-state index is 2.47. The van der Waals surface area contributed by atoms with E-state index in [1.165, 1.54) is 23.3 Å². The van der Waals surface area contributed by atoms with Gasteiger partial charge in [-0.25, -0.2) is 0 Å². The summed E-state index contributed by atoms with van der Waals surface area (Å²) in [6.45, 7) is 2.25. The molecule has 0 fully saturated rings. The van der Waals surface area contributed by atoms with E-state index < -0.39 is 0 Å². The molecule has 0 N–H and O–H groups in total. The van der Waals surface area contributed by atoms with Crippen LogP contribution >= 0.6 is 11.8 Å². The molecule has 0 bridgehead atoms. The fraction of sp³-hybridized carbons (Fsp3) is 0.375. The monoisotopic (exact) mass is 242 g/mol. The highest BCUT2D eigenvalue weighted by Crippen LogP contribution is 2.46. The molecule has 0 unspecified atom stereocenters. The van der Waals surface area contributed by atoms with Gasteiger partial charge in [-0.05, 0) is 36.2 Å². The Hall–Kier alpha value is -0.950. The predicted molar refractivity (Wildman–Crippen MR) is 76.2 cm³/mol. The number of rotatable bonds is 1. The lowest BCUT2D eigenvalue weighted by Gasteiger charge is -2.37. The molecule has 1 aliphatic heterocycles. The molecule has 0 nitrogen and oxygen atoms in total. The minimum atomic E-state index is 0.618. The quantitative estimate of drug-likeness (QED) is 0.640. The summed E-state index contributed by atoms with van der Waals surface area (Å²) in [7, 11) is 0. The van der Waals surface area contributed by atoms with Crippen molar-refractivity contribution in [1.82, 2.24) is 0 Å². The van der Waals surface area contributed by atoms with Crippen molar-refractivity contribution in [2.75, 3.05) is 0 Å². The van der Waals surface area contributed by atoms with Crippen molar-refractivity contribution in [2.45, 2.75) is 30.9 Å². The van der Waals surface area contributed by atoms with E-state index in [2.05, 4.69) is 55.5 Å². The molecule has 0 saturated heterocycles. The van der Waals surface area contributed by atoms with Crippen molar-refractivity contribution in [3.05, 3.63) is 59.0 Å². The van der Waals surface area contributed by atoms with Crippen molar-refractivity contribution < 1.29 is 0 Å². The number of hydrogen-bond donors (Lipinski definition) is 0. The standard InChI is InChI=1S/C16H18S/c1-12-11-15(13-7-3-2-4-8-13)14-9-5-6-10-16(14)17-12/h2-4,6-8,10-11,14-16H,5,9H2,1H3/t14-,15-,16-/m0/s1. The molecule has 1 aliphatic carbocycles. The van der Waals surface area contributed by atoms with Crippen molar-refractivity contribution in [3.63, 3.8) is 0 Å². The van der Waals surface area contributed by atoms with Gasteiger partial charge in [-0.15, -0.1) is 11.8 Å². The second-order valence-electron chi connectivity index (χ2n) is 4.97. The average Bonchev–Trinajstić information content (AvgIpc) is 2.39. The summed E-state index contributed by atoms with van der Waals surface area (Å²) >= 11 is 2.04. The molecular weight excluding hydrogens is 224 g/mol. The van der Waals surface area contributed by atoms with Gasteiger partial charge in [-0.3, -0.25) is 0 Å². The third kappa shape index (κ3) is 2.21. The predicted octanol–water partition coefficient (Wildman–Crippen LogP) is 4.76. The Balaban J connectivity index is 1.97. The number of hydrogen-bond acceptors (Lipinski definition) is 1. The minimum Gasteiger partial charge on any atom is -0.123 e. The molecule has 3 atom stereocenters. The first-order valence-corrected chi connectivity index (χ1v) is 7.29. The molecule has 0 spiro atoms. The first-order valence-electron chi connectivity index (χ1n) is 6.41. The summed E-state index contributed by atoms with van der Waals surface area (Å²) in [5.41, 5.74) is 1.48. The molecule has 0 radical (unpaired) electrons. The zero-order valence-electron chi connectivity index (χ0n) is 10.2. The summed E-state index contributed by atoms with van der Waals surface area (Å²) in [6.07, 6.45) is 9.83. The number of fused-ring (bicyclic) bond motifs is 1.